The number of hydrogen-bond acceptors (Lipinski definition) is 2. The van der Waals surface area contributed by atoms with E-state index in [4.69, 9.17) is 5.11 Å². The molecule has 0 spiro atoms. The molecule has 0 radical (unpaired) electrons. The number of carboxylic acid groups (broad SMARTS) is 1. The number of alkyl halides is 5. The molecule has 0 atom stereocenters. The SMILES string of the molecule is O=C(O)/C=C/c1cc(OC(F)(F)F)cc(C(F)F)c1. The second-order valence-electron chi connectivity index (χ2n) is 3.36. The van der Waals surface area contributed by atoms with Crippen molar-refractivity contribution in [2.24, 2.45) is 0 Å². The van der Waals surface area contributed by atoms with E-state index in [1.165, 1.54) is 0 Å². The van der Waals surface area contributed by atoms with E-state index >= 15 is 0 Å². The van der Waals surface area contributed by atoms with Crippen molar-refractivity contribution in [3.05, 3.63) is 35.4 Å². The number of ether oxygens (including phenoxy) is 1. The summed E-state index contributed by atoms with van der Waals surface area (Å²) in [5, 5.41) is 8.36. The van der Waals surface area contributed by atoms with Crippen molar-refractivity contribution in [1.82, 2.24) is 0 Å². The third-order valence-electron chi connectivity index (χ3n) is 1.86. The first-order valence-corrected chi connectivity index (χ1v) is 4.77. The lowest BCUT2D eigenvalue weighted by Crippen LogP contribution is -2.17. The van der Waals surface area contributed by atoms with E-state index in [1.54, 1.807) is 0 Å². The van der Waals surface area contributed by atoms with Crippen molar-refractivity contribution in [2.75, 3.05) is 0 Å². The van der Waals surface area contributed by atoms with E-state index in [0.717, 1.165) is 18.2 Å². The standard InChI is InChI=1S/C11H7F5O3/c12-10(13)7-3-6(1-2-9(17)18)4-8(5-7)19-11(14,15)16/h1-5,10H,(H,17,18)/b2-1+. The van der Waals surface area contributed by atoms with Crippen LogP contribution in [0.25, 0.3) is 6.08 Å². The van der Waals surface area contributed by atoms with Gasteiger partial charge in [0, 0.05) is 11.6 Å². The smallest absolute Gasteiger partial charge is 0.478 e. The Bertz CT molecular complexity index is 494. The molecule has 0 aliphatic rings. The van der Waals surface area contributed by atoms with Crippen LogP contribution in [0.15, 0.2) is 24.3 Å². The van der Waals surface area contributed by atoms with Gasteiger partial charge in [0.05, 0.1) is 0 Å². The fourth-order valence-corrected chi connectivity index (χ4v) is 1.23. The van der Waals surface area contributed by atoms with Gasteiger partial charge in [-0.2, -0.15) is 0 Å². The molecule has 0 bridgehead atoms. The van der Waals surface area contributed by atoms with Gasteiger partial charge in [-0.1, -0.05) is 0 Å². The molecular formula is C11H7F5O3. The normalized spacial score (nSPS) is 12.1. The van der Waals surface area contributed by atoms with Crippen molar-refractivity contribution < 1.29 is 36.6 Å². The average Bonchev–Trinajstić information content (AvgIpc) is 2.23. The lowest BCUT2D eigenvalue weighted by atomic mass is 10.1. The molecule has 0 heterocycles. The first-order chi connectivity index (χ1) is 8.67. The Balaban J connectivity index is 3.14. The second kappa shape index (κ2) is 5.68. The minimum atomic E-state index is -5.02. The molecule has 0 unspecified atom stereocenters. The lowest BCUT2D eigenvalue weighted by molar-refractivity contribution is -0.274. The summed E-state index contributed by atoms with van der Waals surface area (Å²) in [6, 6.07) is 2.21. The van der Waals surface area contributed by atoms with Gasteiger partial charge in [-0.3, -0.25) is 0 Å². The van der Waals surface area contributed by atoms with Crippen LogP contribution in [0.2, 0.25) is 0 Å². The summed E-state index contributed by atoms with van der Waals surface area (Å²) in [5.74, 6) is -2.20. The topological polar surface area (TPSA) is 46.5 Å². The van der Waals surface area contributed by atoms with Crippen molar-refractivity contribution in [2.45, 2.75) is 12.8 Å². The summed E-state index contributed by atoms with van der Waals surface area (Å²) < 4.78 is 64.5. The van der Waals surface area contributed by atoms with Crippen molar-refractivity contribution >= 4 is 12.0 Å². The zero-order valence-corrected chi connectivity index (χ0v) is 9.12. The molecule has 0 aliphatic carbocycles. The van der Waals surface area contributed by atoms with E-state index in [2.05, 4.69) is 4.74 Å². The van der Waals surface area contributed by atoms with Gasteiger partial charge in [-0.05, 0) is 29.8 Å². The maximum absolute atomic E-state index is 12.5. The molecule has 0 saturated carbocycles. The zero-order valence-electron chi connectivity index (χ0n) is 9.12. The fourth-order valence-electron chi connectivity index (χ4n) is 1.23. The van der Waals surface area contributed by atoms with Crippen molar-refractivity contribution in [3.63, 3.8) is 0 Å². The first kappa shape index (κ1) is 14.9. The van der Waals surface area contributed by atoms with Crippen molar-refractivity contribution in [1.29, 1.82) is 0 Å². The number of halogens is 5. The molecule has 0 aromatic heterocycles. The van der Waals surface area contributed by atoms with E-state index in [1.807, 2.05) is 0 Å². The highest BCUT2D eigenvalue weighted by Gasteiger charge is 2.31. The number of carbonyl (C=O) groups is 1. The van der Waals surface area contributed by atoms with Gasteiger partial charge < -0.3 is 9.84 Å². The molecule has 0 aliphatic heterocycles. The molecule has 1 aromatic carbocycles. The highest BCUT2D eigenvalue weighted by molar-refractivity contribution is 5.85. The molecule has 0 saturated heterocycles. The highest BCUT2D eigenvalue weighted by Crippen LogP contribution is 2.29. The van der Waals surface area contributed by atoms with Crippen LogP contribution in [0.3, 0.4) is 0 Å². The Labute approximate surface area is 103 Å². The molecule has 8 heteroatoms. The molecule has 1 aromatic rings. The maximum atomic E-state index is 12.5. The Hall–Kier alpha value is -2.12. The van der Waals surface area contributed by atoms with E-state index < -0.39 is 30.1 Å². The van der Waals surface area contributed by atoms with Gasteiger partial charge in [0.2, 0.25) is 0 Å². The van der Waals surface area contributed by atoms with Crippen LogP contribution in [0.1, 0.15) is 17.6 Å². The van der Waals surface area contributed by atoms with Gasteiger partial charge in [0.15, 0.2) is 0 Å². The van der Waals surface area contributed by atoms with Gasteiger partial charge in [-0.25, -0.2) is 13.6 Å². The lowest BCUT2D eigenvalue weighted by Gasteiger charge is -2.11. The van der Waals surface area contributed by atoms with E-state index in [-0.39, 0.29) is 5.56 Å². The zero-order chi connectivity index (χ0) is 14.6. The molecule has 0 amide bonds. The quantitative estimate of drug-likeness (QED) is 0.677. The number of rotatable bonds is 4. The Morgan fingerprint density at radius 3 is 2.37 bits per heavy atom. The summed E-state index contributed by atoms with van der Waals surface area (Å²) in [6.45, 7) is 0. The van der Waals surface area contributed by atoms with Crippen LogP contribution in [0.5, 0.6) is 5.75 Å². The second-order valence-corrected chi connectivity index (χ2v) is 3.36. The molecule has 104 valence electrons. The maximum Gasteiger partial charge on any atom is 0.573 e. The van der Waals surface area contributed by atoms with Crippen LogP contribution < -0.4 is 4.74 Å². The third kappa shape index (κ3) is 5.36. The Morgan fingerprint density at radius 1 is 1.26 bits per heavy atom. The number of hydrogen-bond donors (Lipinski definition) is 1. The predicted molar refractivity (Wildman–Crippen MR) is 54.8 cm³/mol. The van der Waals surface area contributed by atoms with Gasteiger partial charge in [0.25, 0.3) is 6.43 Å². The minimum Gasteiger partial charge on any atom is -0.478 e. The molecule has 0 fully saturated rings. The summed E-state index contributed by atoms with van der Waals surface area (Å²) in [4.78, 5) is 10.3. The molecular weight excluding hydrogens is 275 g/mol. The number of carboxylic acids is 1. The van der Waals surface area contributed by atoms with Crippen LogP contribution >= 0.6 is 0 Å². The van der Waals surface area contributed by atoms with Crippen LogP contribution in [0, 0.1) is 0 Å². The third-order valence-corrected chi connectivity index (χ3v) is 1.86. The predicted octanol–water partition coefficient (Wildman–Crippen LogP) is 3.62. The highest BCUT2D eigenvalue weighted by atomic mass is 19.4. The molecule has 3 nitrogen and oxygen atoms in total. The van der Waals surface area contributed by atoms with Crippen LogP contribution in [0.4, 0.5) is 22.0 Å². The van der Waals surface area contributed by atoms with E-state index in [9.17, 15) is 26.7 Å². The van der Waals surface area contributed by atoms with Gasteiger partial charge in [-0.15, -0.1) is 13.2 Å². The minimum absolute atomic E-state index is 0.139. The number of aliphatic carboxylic acids is 1. The largest absolute Gasteiger partial charge is 0.573 e. The van der Waals surface area contributed by atoms with Crippen molar-refractivity contribution in [3.8, 4) is 5.75 Å². The summed E-state index contributed by atoms with van der Waals surface area (Å²) in [5.41, 5.74) is -0.841. The average molecular weight is 282 g/mol. The van der Waals surface area contributed by atoms with Gasteiger partial charge in [0.1, 0.15) is 5.75 Å². The van der Waals surface area contributed by atoms with Gasteiger partial charge >= 0.3 is 12.3 Å². The Kier molecular flexibility index (Phi) is 4.47. The monoisotopic (exact) mass is 282 g/mol. The van der Waals surface area contributed by atoms with Crippen LogP contribution in [-0.2, 0) is 4.79 Å². The number of benzene rings is 1. The summed E-state index contributed by atoms with van der Waals surface area (Å²) in [6.07, 6.45) is -6.53. The molecule has 19 heavy (non-hydrogen) atoms. The van der Waals surface area contributed by atoms with Crippen LogP contribution in [-0.4, -0.2) is 17.4 Å². The molecule has 1 N–H and O–H groups in total. The Morgan fingerprint density at radius 2 is 1.89 bits per heavy atom. The summed E-state index contributed by atoms with van der Waals surface area (Å²) in [7, 11) is 0. The van der Waals surface area contributed by atoms with E-state index in [0.29, 0.717) is 12.1 Å². The summed E-state index contributed by atoms with van der Waals surface area (Å²) >= 11 is 0. The first-order valence-electron chi connectivity index (χ1n) is 4.77. The molecule has 1 rings (SSSR count). The fraction of sp³-hybridized carbons (Fsp3) is 0.182.